The van der Waals surface area contributed by atoms with Crippen molar-refractivity contribution in [3.8, 4) is 0 Å². The van der Waals surface area contributed by atoms with Crippen molar-refractivity contribution in [1.82, 2.24) is 9.88 Å². The van der Waals surface area contributed by atoms with Crippen LogP contribution in [0.2, 0.25) is 0 Å². The van der Waals surface area contributed by atoms with Gasteiger partial charge in [0.25, 0.3) is 0 Å². The van der Waals surface area contributed by atoms with Crippen molar-refractivity contribution in [1.29, 1.82) is 0 Å². The van der Waals surface area contributed by atoms with Crippen molar-refractivity contribution in [2.24, 2.45) is 0 Å². The van der Waals surface area contributed by atoms with Gasteiger partial charge in [-0.15, -0.1) is 0 Å². The maximum Gasteiger partial charge on any atom is 0.0816 e. The summed E-state index contributed by atoms with van der Waals surface area (Å²) < 4.78 is 0. The lowest BCUT2D eigenvalue weighted by atomic mass is 9.90. The van der Waals surface area contributed by atoms with E-state index in [-0.39, 0.29) is 6.04 Å². The SMILES string of the molecule is Cc1[nH]c2ccccc2c1C1c2ccccc2C=CN1C. The van der Waals surface area contributed by atoms with E-state index in [9.17, 15) is 0 Å². The minimum absolute atomic E-state index is 0.266. The Morgan fingerprint density at radius 2 is 1.76 bits per heavy atom. The average Bonchev–Trinajstić information content (AvgIpc) is 2.83. The first-order valence-electron chi connectivity index (χ1n) is 7.32. The molecule has 2 aromatic carbocycles. The summed E-state index contributed by atoms with van der Waals surface area (Å²) in [4.78, 5) is 5.82. The minimum atomic E-state index is 0.266. The predicted octanol–water partition coefficient (Wildman–Crippen LogP) is 4.48. The Kier molecular flexibility index (Phi) is 2.64. The van der Waals surface area contributed by atoms with Crippen molar-refractivity contribution < 1.29 is 0 Å². The van der Waals surface area contributed by atoms with Gasteiger partial charge in [0.15, 0.2) is 0 Å². The molecule has 0 saturated carbocycles. The van der Waals surface area contributed by atoms with Gasteiger partial charge < -0.3 is 9.88 Å². The monoisotopic (exact) mass is 274 g/mol. The highest BCUT2D eigenvalue weighted by atomic mass is 15.1. The van der Waals surface area contributed by atoms with Crippen molar-refractivity contribution in [3.63, 3.8) is 0 Å². The van der Waals surface area contributed by atoms with Crippen molar-refractivity contribution >= 4 is 17.0 Å². The molecule has 0 radical (unpaired) electrons. The molecule has 2 nitrogen and oxygen atoms in total. The fourth-order valence-electron chi connectivity index (χ4n) is 3.42. The van der Waals surface area contributed by atoms with Gasteiger partial charge in [0.05, 0.1) is 6.04 Å². The number of aromatic nitrogens is 1. The number of nitrogens with one attached hydrogen (secondary N) is 1. The Hall–Kier alpha value is -2.48. The smallest absolute Gasteiger partial charge is 0.0816 e. The van der Waals surface area contributed by atoms with Crippen LogP contribution >= 0.6 is 0 Å². The molecule has 104 valence electrons. The molecule has 1 aliphatic heterocycles. The van der Waals surface area contributed by atoms with Gasteiger partial charge in [0.2, 0.25) is 0 Å². The first kappa shape index (κ1) is 12.3. The summed E-state index contributed by atoms with van der Waals surface area (Å²) in [7, 11) is 2.15. The Labute approximate surface area is 124 Å². The van der Waals surface area contributed by atoms with Gasteiger partial charge in [-0.1, -0.05) is 42.5 Å². The van der Waals surface area contributed by atoms with Crippen molar-refractivity contribution in [2.45, 2.75) is 13.0 Å². The maximum absolute atomic E-state index is 3.52. The van der Waals surface area contributed by atoms with E-state index in [0.717, 1.165) is 0 Å². The van der Waals surface area contributed by atoms with Crippen LogP contribution in [-0.2, 0) is 0 Å². The molecule has 2 heterocycles. The summed E-state index contributed by atoms with van der Waals surface area (Å²) in [5.41, 5.74) is 6.52. The normalized spacial score (nSPS) is 17.2. The number of rotatable bonds is 1. The van der Waals surface area contributed by atoms with Crippen LogP contribution in [0.15, 0.2) is 54.7 Å². The third-order valence-corrected chi connectivity index (χ3v) is 4.40. The van der Waals surface area contributed by atoms with Crippen molar-refractivity contribution in [3.05, 3.63) is 77.1 Å². The van der Waals surface area contributed by atoms with Crippen molar-refractivity contribution in [2.75, 3.05) is 7.05 Å². The molecule has 4 rings (SSSR count). The number of nitrogens with zero attached hydrogens (tertiary/aromatic N) is 1. The number of hydrogen-bond acceptors (Lipinski definition) is 1. The molecular weight excluding hydrogens is 256 g/mol. The molecule has 0 spiro atoms. The number of aromatic amines is 1. The molecule has 3 aromatic rings. The molecule has 0 bridgehead atoms. The molecule has 0 fully saturated rings. The van der Waals surface area contributed by atoms with E-state index >= 15 is 0 Å². The maximum atomic E-state index is 3.52. The van der Waals surface area contributed by atoms with Crippen LogP contribution < -0.4 is 0 Å². The molecule has 1 aliphatic rings. The highest BCUT2D eigenvalue weighted by Gasteiger charge is 2.26. The fourth-order valence-corrected chi connectivity index (χ4v) is 3.42. The predicted molar refractivity (Wildman–Crippen MR) is 88.1 cm³/mol. The summed E-state index contributed by atoms with van der Waals surface area (Å²) in [6.45, 7) is 2.17. The number of para-hydroxylation sites is 1. The van der Waals surface area contributed by atoms with Crippen LogP contribution in [0.1, 0.15) is 28.4 Å². The molecule has 1 atom stereocenters. The molecule has 1 unspecified atom stereocenters. The van der Waals surface area contributed by atoms with E-state index < -0.39 is 0 Å². The van der Waals surface area contributed by atoms with E-state index in [1.807, 2.05) is 0 Å². The number of aryl methyl sites for hydroxylation is 1. The van der Waals surface area contributed by atoms with E-state index in [2.05, 4.69) is 84.7 Å². The molecule has 0 amide bonds. The van der Waals surface area contributed by atoms with E-state index in [4.69, 9.17) is 0 Å². The fraction of sp³-hybridized carbons (Fsp3) is 0.158. The van der Waals surface area contributed by atoms with Gasteiger partial charge in [-0.2, -0.15) is 0 Å². The highest BCUT2D eigenvalue weighted by Crippen LogP contribution is 2.39. The standard InChI is InChI=1S/C19H18N2/c1-13-18(16-9-5-6-10-17(16)20-13)19-15-8-4-3-7-14(15)11-12-21(19)2/h3-12,19-20H,1-2H3. The lowest BCUT2D eigenvalue weighted by Crippen LogP contribution is -2.24. The van der Waals surface area contributed by atoms with Crippen LogP contribution in [0.4, 0.5) is 0 Å². The van der Waals surface area contributed by atoms with Crippen LogP contribution in [0.3, 0.4) is 0 Å². The Bertz CT molecular complexity index is 842. The zero-order valence-electron chi connectivity index (χ0n) is 12.3. The van der Waals surface area contributed by atoms with Gasteiger partial charge in [0.1, 0.15) is 0 Å². The Balaban J connectivity index is 2.00. The summed E-state index contributed by atoms with van der Waals surface area (Å²) in [6, 6.07) is 17.5. The summed E-state index contributed by atoms with van der Waals surface area (Å²) in [5, 5.41) is 1.32. The number of H-pyrrole nitrogens is 1. The Morgan fingerprint density at radius 1 is 1.00 bits per heavy atom. The molecule has 0 aliphatic carbocycles. The number of fused-ring (bicyclic) bond motifs is 2. The zero-order valence-corrected chi connectivity index (χ0v) is 12.3. The lowest BCUT2D eigenvalue weighted by Gasteiger charge is -2.32. The molecule has 1 aromatic heterocycles. The number of hydrogen-bond donors (Lipinski definition) is 1. The average molecular weight is 274 g/mol. The molecule has 1 N–H and O–H groups in total. The van der Waals surface area contributed by atoms with Crippen LogP contribution in [-0.4, -0.2) is 16.9 Å². The minimum Gasteiger partial charge on any atom is -0.369 e. The molecule has 2 heteroatoms. The van der Waals surface area contributed by atoms with Crippen LogP contribution in [0.5, 0.6) is 0 Å². The van der Waals surface area contributed by atoms with Gasteiger partial charge >= 0.3 is 0 Å². The van der Waals surface area contributed by atoms with Gasteiger partial charge in [-0.05, 0) is 30.2 Å². The third-order valence-electron chi connectivity index (χ3n) is 4.40. The first-order chi connectivity index (χ1) is 10.3. The summed E-state index contributed by atoms with van der Waals surface area (Å²) >= 11 is 0. The second-order valence-corrected chi connectivity index (χ2v) is 5.72. The summed E-state index contributed by atoms with van der Waals surface area (Å²) in [6.07, 6.45) is 4.37. The van der Waals surface area contributed by atoms with Gasteiger partial charge in [-0.3, -0.25) is 0 Å². The summed E-state index contributed by atoms with van der Waals surface area (Å²) in [5.74, 6) is 0. The lowest BCUT2D eigenvalue weighted by molar-refractivity contribution is 0.382. The largest absolute Gasteiger partial charge is 0.369 e. The van der Waals surface area contributed by atoms with E-state index in [1.165, 1.54) is 33.3 Å². The molecule has 21 heavy (non-hydrogen) atoms. The van der Waals surface area contributed by atoms with E-state index in [0.29, 0.717) is 0 Å². The van der Waals surface area contributed by atoms with Crippen LogP contribution in [0.25, 0.3) is 17.0 Å². The zero-order chi connectivity index (χ0) is 14.4. The third kappa shape index (κ3) is 1.79. The molecular formula is C19H18N2. The van der Waals surface area contributed by atoms with E-state index in [1.54, 1.807) is 0 Å². The topological polar surface area (TPSA) is 19.0 Å². The number of benzene rings is 2. The highest BCUT2D eigenvalue weighted by molar-refractivity contribution is 5.86. The van der Waals surface area contributed by atoms with Crippen LogP contribution in [0, 0.1) is 6.92 Å². The van der Waals surface area contributed by atoms with Gasteiger partial charge in [-0.25, -0.2) is 0 Å². The Morgan fingerprint density at radius 3 is 2.67 bits per heavy atom. The van der Waals surface area contributed by atoms with Gasteiger partial charge in [0, 0.05) is 35.4 Å². The molecule has 0 saturated heterocycles. The second kappa shape index (κ2) is 4.52. The first-order valence-corrected chi connectivity index (χ1v) is 7.32. The quantitative estimate of drug-likeness (QED) is 0.693. The second-order valence-electron chi connectivity index (χ2n) is 5.72.